The van der Waals surface area contributed by atoms with Crippen molar-refractivity contribution in [3.05, 3.63) is 0 Å². The van der Waals surface area contributed by atoms with Crippen LogP contribution in [0.1, 0.15) is 19.8 Å². The summed E-state index contributed by atoms with van der Waals surface area (Å²) in [6, 6.07) is 2.27. The Morgan fingerprint density at radius 1 is 1.62 bits per heavy atom. The summed E-state index contributed by atoms with van der Waals surface area (Å²) in [6.07, 6.45) is 3.00. The van der Waals surface area contributed by atoms with E-state index in [0.717, 1.165) is 5.75 Å². The van der Waals surface area contributed by atoms with E-state index in [0.29, 0.717) is 26.1 Å². The molecule has 0 aromatic carbocycles. The fourth-order valence-corrected chi connectivity index (χ4v) is 2.35. The van der Waals surface area contributed by atoms with Crippen molar-refractivity contribution in [1.82, 2.24) is 5.32 Å². The fourth-order valence-electron chi connectivity index (χ4n) is 1.76. The molecule has 0 saturated carbocycles. The molecule has 1 heterocycles. The van der Waals surface area contributed by atoms with Crippen molar-refractivity contribution in [2.45, 2.75) is 25.8 Å². The van der Waals surface area contributed by atoms with Crippen molar-refractivity contribution in [3.8, 4) is 6.07 Å². The van der Waals surface area contributed by atoms with Gasteiger partial charge in [-0.05, 0) is 26.0 Å². The van der Waals surface area contributed by atoms with Crippen molar-refractivity contribution in [3.63, 3.8) is 0 Å². The minimum absolute atomic E-state index is 0.107. The molecule has 0 spiro atoms. The molecule has 1 unspecified atom stereocenters. The van der Waals surface area contributed by atoms with Gasteiger partial charge in [-0.2, -0.15) is 17.0 Å². The van der Waals surface area contributed by atoms with Crippen LogP contribution in [0.15, 0.2) is 0 Å². The number of nitrogens with one attached hydrogen (secondary N) is 1. The van der Waals surface area contributed by atoms with Gasteiger partial charge in [-0.1, -0.05) is 0 Å². The molecule has 1 rings (SSSR count). The number of thioether (sulfide) groups is 1. The van der Waals surface area contributed by atoms with E-state index in [9.17, 15) is 10.1 Å². The fraction of sp³-hybridized carbons (Fsp3) is 0.818. The van der Waals surface area contributed by atoms with E-state index >= 15 is 0 Å². The molecule has 1 aliphatic heterocycles. The third-order valence-corrected chi connectivity index (χ3v) is 3.62. The third-order valence-electron chi connectivity index (χ3n) is 2.79. The van der Waals surface area contributed by atoms with Gasteiger partial charge in [0.1, 0.15) is 5.41 Å². The highest BCUT2D eigenvalue weighted by molar-refractivity contribution is 7.98. The van der Waals surface area contributed by atoms with E-state index < -0.39 is 5.41 Å². The lowest BCUT2D eigenvalue weighted by Crippen LogP contribution is -2.47. The van der Waals surface area contributed by atoms with Crippen LogP contribution in [0.3, 0.4) is 0 Å². The Bertz CT molecular complexity index is 282. The highest BCUT2D eigenvalue weighted by Crippen LogP contribution is 2.30. The second kappa shape index (κ2) is 6.12. The van der Waals surface area contributed by atoms with E-state index in [1.165, 1.54) is 0 Å². The van der Waals surface area contributed by atoms with Crippen LogP contribution in [0.25, 0.3) is 0 Å². The number of nitrogens with zero attached hydrogens (tertiary/aromatic N) is 1. The molecule has 1 fully saturated rings. The van der Waals surface area contributed by atoms with Gasteiger partial charge in [0.25, 0.3) is 0 Å². The molecule has 0 aromatic heterocycles. The summed E-state index contributed by atoms with van der Waals surface area (Å²) < 4.78 is 5.19. The summed E-state index contributed by atoms with van der Waals surface area (Å²) in [7, 11) is 0. The zero-order chi connectivity index (χ0) is 12.0. The van der Waals surface area contributed by atoms with Gasteiger partial charge < -0.3 is 10.1 Å². The van der Waals surface area contributed by atoms with Crippen LogP contribution >= 0.6 is 11.8 Å². The van der Waals surface area contributed by atoms with E-state index in [1.807, 2.05) is 13.2 Å². The lowest BCUT2D eigenvalue weighted by molar-refractivity contribution is -0.132. The average molecular weight is 242 g/mol. The largest absolute Gasteiger partial charge is 0.381 e. The van der Waals surface area contributed by atoms with Gasteiger partial charge in [0.15, 0.2) is 0 Å². The van der Waals surface area contributed by atoms with Crippen LogP contribution < -0.4 is 5.32 Å². The maximum Gasteiger partial charge on any atom is 0.240 e. The first-order chi connectivity index (χ1) is 7.64. The van der Waals surface area contributed by atoms with E-state index in [2.05, 4.69) is 11.4 Å². The van der Waals surface area contributed by atoms with Gasteiger partial charge in [0, 0.05) is 25.0 Å². The van der Waals surface area contributed by atoms with Crippen LogP contribution in [0.4, 0.5) is 0 Å². The molecular weight excluding hydrogens is 224 g/mol. The Morgan fingerprint density at radius 3 is 2.75 bits per heavy atom. The molecule has 1 aliphatic rings. The molecule has 1 amide bonds. The van der Waals surface area contributed by atoms with Crippen LogP contribution in [0, 0.1) is 16.7 Å². The van der Waals surface area contributed by atoms with E-state index in [1.54, 1.807) is 11.8 Å². The molecule has 16 heavy (non-hydrogen) atoms. The molecule has 1 N–H and O–H groups in total. The SMILES string of the molecule is CSCC(C)NC(=O)C1(C#N)CCOCC1. The smallest absolute Gasteiger partial charge is 0.240 e. The zero-order valence-electron chi connectivity index (χ0n) is 9.78. The highest BCUT2D eigenvalue weighted by Gasteiger charge is 2.40. The number of rotatable bonds is 4. The van der Waals surface area contributed by atoms with Crippen LogP contribution in [0.5, 0.6) is 0 Å². The van der Waals surface area contributed by atoms with Gasteiger partial charge in [0.2, 0.25) is 5.91 Å². The Balaban J connectivity index is 2.59. The lowest BCUT2D eigenvalue weighted by atomic mass is 9.80. The van der Waals surface area contributed by atoms with Crippen LogP contribution in [-0.4, -0.2) is 37.2 Å². The van der Waals surface area contributed by atoms with Crippen molar-refractivity contribution >= 4 is 17.7 Å². The van der Waals surface area contributed by atoms with Crippen molar-refractivity contribution in [1.29, 1.82) is 5.26 Å². The number of amides is 1. The van der Waals surface area contributed by atoms with Gasteiger partial charge >= 0.3 is 0 Å². The first-order valence-electron chi connectivity index (χ1n) is 5.43. The second-order valence-electron chi connectivity index (χ2n) is 4.14. The number of ether oxygens (including phenoxy) is 1. The predicted molar refractivity (Wildman–Crippen MR) is 64.1 cm³/mol. The third kappa shape index (κ3) is 3.13. The summed E-state index contributed by atoms with van der Waals surface area (Å²) >= 11 is 1.68. The van der Waals surface area contributed by atoms with E-state index in [4.69, 9.17) is 4.74 Å². The van der Waals surface area contributed by atoms with E-state index in [-0.39, 0.29) is 11.9 Å². The molecule has 0 aromatic rings. The molecule has 90 valence electrons. The number of hydrogen-bond acceptors (Lipinski definition) is 4. The van der Waals surface area contributed by atoms with Gasteiger partial charge in [-0.3, -0.25) is 4.79 Å². The first-order valence-corrected chi connectivity index (χ1v) is 6.83. The highest BCUT2D eigenvalue weighted by atomic mass is 32.2. The molecule has 0 aliphatic carbocycles. The first kappa shape index (κ1) is 13.3. The number of hydrogen-bond donors (Lipinski definition) is 1. The summed E-state index contributed by atoms with van der Waals surface area (Å²) in [5.74, 6) is 0.726. The topological polar surface area (TPSA) is 62.1 Å². The van der Waals surface area contributed by atoms with Crippen LogP contribution in [0.2, 0.25) is 0 Å². The quantitative estimate of drug-likeness (QED) is 0.804. The zero-order valence-corrected chi connectivity index (χ0v) is 10.6. The molecule has 0 bridgehead atoms. The Morgan fingerprint density at radius 2 is 2.25 bits per heavy atom. The molecule has 0 radical (unpaired) electrons. The average Bonchev–Trinajstić information content (AvgIpc) is 2.30. The van der Waals surface area contributed by atoms with Gasteiger partial charge in [-0.25, -0.2) is 0 Å². The Kier molecular flexibility index (Phi) is 5.10. The summed E-state index contributed by atoms with van der Waals surface area (Å²) in [5, 5.41) is 12.1. The van der Waals surface area contributed by atoms with Gasteiger partial charge in [-0.15, -0.1) is 0 Å². The number of carbonyl (C=O) groups is 1. The van der Waals surface area contributed by atoms with Gasteiger partial charge in [0.05, 0.1) is 6.07 Å². The number of carbonyl (C=O) groups excluding carboxylic acids is 1. The van der Waals surface area contributed by atoms with Crippen molar-refractivity contribution in [2.75, 3.05) is 25.2 Å². The monoisotopic (exact) mass is 242 g/mol. The molecule has 1 saturated heterocycles. The molecular formula is C11H18N2O2S. The summed E-state index contributed by atoms with van der Waals surface area (Å²) in [6.45, 7) is 2.95. The molecule has 1 atom stereocenters. The Labute approximate surface area is 101 Å². The van der Waals surface area contributed by atoms with Crippen molar-refractivity contribution < 1.29 is 9.53 Å². The number of nitriles is 1. The Hall–Kier alpha value is -0.730. The maximum absolute atomic E-state index is 12.0. The predicted octanol–water partition coefficient (Wildman–Crippen LogP) is 1.17. The second-order valence-corrected chi connectivity index (χ2v) is 5.05. The maximum atomic E-state index is 12.0. The molecule has 5 heteroatoms. The van der Waals surface area contributed by atoms with Crippen LogP contribution in [-0.2, 0) is 9.53 Å². The molecule has 4 nitrogen and oxygen atoms in total. The standard InChI is InChI=1S/C11H18N2O2S/c1-9(7-16-2)13-10(14)11(8-12)3-5-15-6-4-11/h9H,3-7H2,1-2H3,(H,13,14). The minimum Gasteiger partial charge on any atom is -0.381 e. The summed E-state index contributed by atoms with van der Waals surface area (Å²) in [4.78, 5) is 12.0. The lowest BCUT2D eigenvalue weighted by Gasteiger charge is -2.30. The normalized spacial score (nSPS) is 20.8. The minimum atomic E-state index is -0.870. The van der Waals surface area contributed by atoms with Crippen molar-refractivity contribution in [2.24, 2.45) is 5.41 Å². The summed E-state index contributed by atoms with van der Waals surface area (Å²) in [5.41, 5.74) is -0.870.